The standard InChI is InChI=1S/C15H23N5O/c1-8-5-3-4-6-10(8)20-12(14(17)19-15(20)21)11-9(2)7-18-13(11)16/h7-8,10,18H,3-6,16-17H2,1-2H3,(H,19,21). The fourth-order valence-corrected chi connectivity index (χ4v) is 3.57. The van der Waals surface area contributed by atoms with Crippen LogP contribution >= 0.6 is 0 Å². The highest BCUT2D eigenvalue weighted by atomic mass is 16.1. The molecule has 1 saturated carbocycles. The van der Waals surface area contributed by atoms with Crippen LogP contribution in [0.25, 0.3) is 11.3 Å². The topological polar surface area (TPSA) is 106 Å². The molecule has 0 radical (unpaired) electrons. The van der Waals surface area contributed by atoms with Crippen LogP contribution in [0.3, 0.4) is 0 Å². The fraction of sp³-hybridized carbons (Fsp3) is 0.533. The Hall–Kier alpha value is -2.11. The van der Waals surface area contributed by atoms with Crippen LogP contribution in [0, 0.1) is 12.8 Å². The average molecular weight is 289 g/mol. The molecule has 2 heterocycles. The van der Waals surface area contributed by atoms with Gasteiger partial charge in [0.25, 0.3) is 0 Å². The van der Waals surface area contributed by atoms with E-state index in [9.17, 15) is 4.79 Å². The molecule has 0 saturated heterocycles. The average Bonchev–Trinajstić information content (AvgIpc) is 2.90. The van der Waals surface area contributed by atoms with E-state index in [2.05, 4.69) is 16.9 Å². The van der Waals surface area contributed by atoms with Crippen LogP contribution in [0.15, 0.2) is 11.0 Å². The lowest BCUT2D eigenvalue weighted by atomic mass is 9.85. The Morgan fingerprint density at radius 2 is 1.95 bits per heavy atom. The first-order chi connectivity index (χ1) is 10.0. The van der Waals surface area contributed by atoms with E-state index in [-0.39, 0.29) is 11.7 Å². The van der Waals surface area contributed by atoms with Gasteiger partial charge in [-0.2, -0.15) is 0 Å². The van der Waals surface area contributed by atoms with Crippen molar-refractivity contribution in [3.8, 4) is 11.3 Å². The lowest BCUT2D eigenvalue weighted by molar-refractivity contribution is 0.254. The second-order valence-electron chi connectivity index (χ2n) is 6.15. The van der Waals surface area contributed by atoms with Crippen LogP contribution in [-0.2, 0) is 0 Å². The first-order valence-corrected chi connectivity index (χ1v) is 7.54. The minimum absolute atomic E-state index is 0.138. The number of nitrogens with one attached hydrogen (secondary N) is 2. The van der Waals surface area contributed by atoms with Crippen molar-refractivity contribution < 1.29 is 0 Å². The van der Waals surface area contributed by atoms with E-state index < -0.39 is 0 Å². The highest BCUT2D eigenvalue weighted by Gasteiger charge is 2.29. The number of aromatic amines is 2. The Morgan fingerprint density at radius 3 is 2.57 bits per heavy atom. The predicted molar refractivity (Wildman–Crippen MR) is 85.1 cm³/mol. The second-order valence-corrected chi connectivity index (χ2v) is 6.15. The Labute approximate surface area is 123 Å². The molecule has 0 aliphatic heterocycles. The summed E-state index contributed by atoms with van der Waals surface area (Å²) in [5.74, 6) is 1.41. The number of hydrogen-bond acceptors (Lipinski definition) is 3. The van der Waals surface area contributed by atoms with Crippen molar-refractivity contribution in [3.63, 3.8) is 0 Å². The zero-order chi connectivity index (χ0) is 15.1. The van der Waals surface area contributed by atoms with Crippen molar-refractivity contribution in [1.82, 2.24) is 14.5 Å². The molecule has 0 aromatic carbocycles. The maximum Gasteiger partial charge on any atom is 0.327 e. The van der Waals surface area contributed by atoms with Crippen molar-refractivity contribution in [2.75, 3.05) is 11.5 Å². The number of nitrogens with zero attached hydrogens (tertiary/aromatic N) is 1. The smallest absolute Gasteiger partial charge is 0.327 e. The molecule has 1 aliphatic rings. The van der Waals surface area contributed by atoms with E-state index in [4.69, 9.17) is 11.5 Å². The zero-order valence-electron chi connectivity index (χ0n) is 12.6. The van der Waals surface area contributed by atoms with Gasteiger partial charge in [-0.25, -0.2) is 4.79 Å². The van der Waals surface area contributed by atoms with E-state index in [0.717, 1.165) is 36.1 Å². The van der Waals surface area contributed by atoms with Gasteiger partial charge in [0.2, 0.25) is 0 Å². The third-order valence-electron chi connectivity index (χ3n) is 4.70. The molecule has 0 bridgehead atoms. The van der Waals surface area contributed by atoms with Gasteiger partial charge in [-0.05, 0) is 31.2 Å². The third kappa shape index (κ3) is 2.14. The molecule has 2 aromatic rings. The van der Waals surface area contributed by atoms with Gasteiger partial charge in [0.05, 0.1) is 5.69 Å². The quantitative estimate of drug-likeness (QED) is 0.682. The number of nitrogen functional groups attached to an aromatic ring is 2. The Morgan fingerprint density at radius 1 is 1.24 bits per heavy atom. The van der Waals surface area contributed by atoms with E-state index in [1.165, 1.54) is 6.42 Å². The van der Waals surface area contributed by atoms with E-state index in [0.29, 0.717) is 17.6 Å². The molecule has 0 amide bonds. The molecule has 3 rings (SSSR count). The Bertz CT molecular complexity index is 689. The highest BCUT2D eigenvalue weighted by Crippen LogP contribution is 2.39. The minimum Gasteiger partial charge on any atom is -0.385 e. The number of hydrogen-bond donors (Lipinski definition) is 4. The van der Waals surface area contributed by atoms with Crippen molar-refractivity contribution in [2.24, 2.45) is 5.92 Å². The van der Waals surface area contributed by atoms with Gasteiger partial charge < -0.3 is 16.5 Å². The number of rotatable bonds is 2. The van der Waals surface area contributed by atoms with Gasteiger partial charge in [-0.15, -0.1) is 0 Å². The van der Waals surface area contributed by atoms with Gasteiger partial charge >= 0.3 is 5.69 Å². The maximum atomic E-state index is 12.4. The Kier molecular flexibility index (Phi) is 3.31. The second kappa shape index (κ2) is 5.02. The lowest BCUT2D eigenvalue weighted by Crippen LogP contribution is -2.29. The summed E-state index contributed by atoms with van der Waals surface area (Å²) in [7, 11) is 0. The van der Waals surface area contributed by atoms with Crippen LogP contribution in [-0.4, -0.2) is 14.5 Å². The third-order valence-corrected chi connectivity index (χ3v) is 4.70. The molecule has 1 aliphatic carbocycles. The van der Waals surface area contributed by atoms with Gasteiger partial charge in [-0.3, -0.25) is 9.55 Å². The van der Waals surface area contributed by atoms with Crippen molar-refractivity contribution >= 4 is 11.6 Å². The van der Waals surface area contributed by atoms with Crippen molar-refractivity contribution in [2.45, 2.75) is 45.6 Å². The monoisotopic (exact) mass is 289 g/mol. The molecule has 0 spiro atoms. The van der Waals surface area contributed by atoms with Crippen LogP contribution in [0.2, 0.25) is 0 Å². The number of imidazole rings is 1. The summed E-state index contributed by atoms with van der Waals surface area (Å²) in [6, 6.07) is 0.184. The number of nitrogens with two attached hydrogens (primary N) is 2. The fourth-order valence-electron chi connectivity index (χ4n) is 3.57. The van der Waals surface area contributed by atoms with Crippen LogP contribution in [0.1, 0.15) is 44.2 Å². The summed E-state index contributed by atoms with van der Waals surface area (Å²) in [5.41, 5.74) is 14.5. The van der Waals surface area contributed by atoms with Crippen molar-refractivity contribution in [3.05, 3.63) is 22.2 Å². The van der Waals surface area contributed by atoms with E-state index in [1.54, 1.807) is 0 Å². The summed E-state index contributed by atoms with van der Waals surface area (Å²) in [6.45, 7) is 4.17. The van der Waals surface area contributed by atoms with Gasteiger partial charge in [0.1, 0.15) is 11.6 Å². The minimum atomic E-state index is -0.138. The van der Waals surface area contributed by atoms with Crippen LogP contribution in [0.5, 0.6) is 0 Å². The molecule has 21 heavy (non-hydrogen) atoms. The largest absolute Gasteiger partial charge is 0.385 e. The summed E-state index contributed by atoms with van der Waals surface area (Å²) in [4.78, 5) is 18.2. The Balaban J connectivity index is 2.20. The lowest BCUT2D eigenvalue weighted by Gasteiger charge is -2.30. The van der Waals surface area contributed by atoms with Crippen LogP contribution in [0.4, 0.5) is 11.6 Å². The molecular formula is C15H23N5O. The molecule has 114 valence electrons. The molecule has 6 heteroatoms. The molecule has 1 fully saturated rings. The normalized spacial score (nSPS) is 22.6. The summed E-state index contributed by atoms with van der Waals surface area (Å²) in [6.07, 6.45) is 6.37. The molecule has 2 unspecified atom stereocenters. The SMILES string of the molecule is Cc1c[nH]c(N)c1-c1c(N)[nH]c(=O)n1C1CCCCC1C. The summed E-state index contributed by atoms with van der Waals surface area (Å²) < 4.78 is 1.83. The molecule has 2 atom stereocenters. The first-order valence-electron chi connectivity index (χ1n) is 7.54. The number of H-pyrrole nitrogens is 2. The molecular weight excluding hydrogens is 266 g/mol. The van der Waals surface area contributed by atoms with Crippen LogP contribution < -0.4 is 17.2 Å². The van der Waals surface area contributed by atoms with Gasteiger partial charge in [0, 0.05) is 17.8 Å². The zero-order valence-corrected chi connectivity index (χ0v) is 12.6. The van der Waals surface area contributed by atoms with E-state index >= 15 is 0 Å². The number of aryl methyl sites for hydroxylation is 1. The summed E-state index contributed by atoms with van der Waals surface area (Å²) in [5, 5.41) is 0. The highest BCUT2D eigenvalue weighted by molar-refractivity contribution is 5.81. The number of anilines is 2. The van der Waals surface area contributed by atoms with E-state index in [1.807, 2.05) is 17.7 Å². The molecule has 2 aromatic heterocycles. The van der Waals surface area contributed by atoms with Gasteiger partial charge in [-0.1, -0.05) is 19.8 Å². The van der Waals surface area contributed by atoms with Crippen molar-refractivity contribution in [1.29, 1.82) is 0 Å². The summed E-state index contributed by atoms with van der Waals surface area (Å²) >= 11 is 0. The molecule has 6 nitrogen and oxygen atoms in total. The number of aromatic nitrogens is 3. The molecule has 6 N–H and O–H groups in total. The maximum absolute atomic E-state index is 12.4. The first kappa shape index (κ1) is 13.9. The predicted octanol–water partition coefficient (Wildman–Crippen LogP) is 2.40. The van der Waals surface area contributed by atoms with Gasteiger partial charge in [0.15, 0.2) is 0 Å².